The highest BCUT2D eigenvalue weighted by molar-refractivity contribution is 5.12. The maximum atomic E-state index is 13.1. The monoisotopic (exact) mass is 166 g/mol. The molecule has 0 spiro atoms. The third kappa shape index (κ3) is 1.32. The maximum absolute atomic E-state index is 13.1. The molecule has 0 amide bonds. The maximum Gasteiger partial charge on any atom is 0.146 e. The Morgan fingerprint density at radius 3 is 3.17 bits per heavy atom. The van der Waals surface area contributed by atoms with E-state index in [1.165, 1.54) is 6.07 Å². The minimum absolute atomic E-state index is 0.131. The molecule has 2 heterocycles. The Bertz CT molecular complexity index is 269. The second-order valence-electron chi connectivity index (χ2n) is 3.02. The first-order valence-electron chi connectivity index (χ1n) is 4.22. The molecular formula is C9H11FN2. The quantitative estimate of drug-likeness (QED) is 0.686. The van der Waals surface area contributed by atoms with Gasteiger partial charge in [-0.3, -0.25) is 4.98 Å². The zero-order valence-corrected chi connectivity index (χ0v) is 6.76. The van der Waals surface area contributed by atoms with Crippen molar-refractivity contribution in [1.82, 2.24) is 10.3 Å². The Morgan fingerprint density at radius 2 is 2.50 bits per heavy atom. The number of hydrogen-bond donors (Lipinski definition) is 1. The van der Waals surface area contributed by atoms with E-state index in [4.69, 9.17) is 0 Å². The molecule has 1 atom stereocenters. The van der Waals surface area contributed by atoms with Crippen molar-refractivity contribution in [2.45, 2.75) is 18.9 Å². The topological polar surface area (TPSA) is 24.9 Å². The van der Waals surface area contributed by atoms with Crippen LogP contribution in [0, 0.1) is 5.82 Å². The number of hydrogen-bond acceptors (Lipinski definition) is 2. The third-order valence-corrected chi connectivity index (χ3v) is 2.18. The minimum Gasteiger partial charge on any atom is -0.309 e. The summed E-state index contributed by atoms with van der Waals surface area (Å²) < 4.78 is 13.1. The number of rotatable bonds is 1. The second-order valence-corrected chi connectivity index (χ2v) is 3.02. The molecule has 1 aliphatic rings. The van der Waals surface area contributed by atoms with Crippen LogP contribution in [0.3, 0.4) is 0 Å². The molecule has 1 N–H and O–H groups in total. The van der Waals surface area contributed by atoms with E-state index in [0.29, 0.717) is 5.69 Å². The van der Waals surface area contributed by atoms with Gasteiger partial charge in [-0.1, -0.05) is 0 Å². The van der Waals surface area contributed by atoms with Crippen molar-refractivity contribution in [3.63, 3.8) is 0 Å². The van der Waals surface area contributed by atoms with Crippen molar-refractivity contribution in [2.24, 2.45) is 0 Å². The largest absolute Gasteiger partial charge is 0.309 e. The summed E-state index contributed by atoms with van der Waals surface area (Å²) in [6, 6.07) is 3.21. The van der Waals surface area contributed by atoms with Crippen LogP contribution in [0.4, 0.5) is 4.39 Å². The summed E-state index contributed by atoms with van der Waals surface area (Å²) in [5.41, 5.74) is 0.565. The summed E-state index contributed by atoms with van der Waals surface area (Å²) in [5, 5.41) is 3.21. The van der Waals surface area contributed by atoms with E-state index in [0.717, 1.165) is 19.4 Å². The van der Waals surface area contributed by atoms with Crippen molar-refractivity contribution in [3.05, 3.63) is 29.8 Å². The molecule has 0 radical (unpaired) electrons. The van der Waals surface area contributed by atoms with Crippen LogP contribution in [0.15, 0.2) is 18.3 Å². The van der Waals surface area contributed by atoms with Crippen molar-refractivity contribution >= 4 is 0 Å². The lowest BCUT2D eigenvalue weighted by Crippen LogP contribution is -2.15. The predicted molar refractivity (Wildman–Crippen MR) is 44.2 cm³/mol. The molecular weight excluding hydrogens is 155 g/mol. The van der Waals surface area contributed by atoms with Gasteiger partial charge in [0.1, 0.15) is 5.82 Å². The van der Waals surface area contributed by atoms with Crippen LogP contribution in [-0.2, 0) is 0 Å². The van der Waals surface area contributed by atoms with Gasteiger partial charge < -0.3 is 5.32 Å². The Labute approximate surface area is 70.8 Å². The van der Waals surface area contributed by atoms with Crippen molar-refractivity contribution < 1.29 is 4.39 Å². The molecule has 1 fully saturated rings. The summed E-state index contributed by atoms with van der Waals surface area (Å²) in [6.07, 6.45) is 3.74. The molecule has 12 heavy (non-hydrogen) atoms. The van der Waals surface area contributed by atoms with Gasteiger partial charge in [-0.15, -0.1) is 0 Å². The van der Waals surface area contributed by atoms with Crippen LogP contribution in [0.25, 0.3) is 0 Å². The van der Waals surface area contributed by atoms with E-state index >= 15 is 0 Å². The minimum atomic E-state index is -0.197. The SMILES string of the molecule is Fc1cccnc1[C@@H]1CCCN1. The molecule has 2 nitrogen and oxygen atoms in total. The molecule has 1 aromatic rings. The van der Waals surface area contributed by atoms with E-state index in [9.17, 15) is 4.39 Å². The molecule has 0 bridgehead atoms. The number of nitrogens with zero attached hydrogens (tertiary/aromatic N) is 1. The Balaban J connectivity index is 2.26. The highest BCUT2D eigenvalue weighted by Gasteiger charge is 2.19. The second kappa shape index (κ2) is 3.19. The normalized spacial score (nSPS) is 22.9. The fourth-order valence-electron chi connectivity index (χ4n) is 1.57. The Hall–Kier alpha value is -0.960. The number of halogens is 1. The number of nitrogens with one attached hydrogen (secondary N) is 1. The van der Waals surface area contributed by atoms with Gasteiger partial charge >= 0.3 is 0 Å². The zero-order valence-electron chi connectivity index (χ0n) is 6.76. The van der Waals surface area contributed by atoms with Crippen molar-refractivity contribution in [2.75, 3.05) is 6.54 Å². The summed E-state index contributed by atoms with van der Waals surface area (Å²) in [7, 11) is 0. The van der Waals surface area contributed by atoms with Crippen LogP contribution < -0.4 is 5.32 Å². The van der Waals surface area contributed by atoms with Crippen LogP contribution in [0.2, 0.25) is 0 Å². The highest BCUT2D eigenvalue weighted by Crippen LogP contribution is 2.22. The molecule has 1 saturated heterocycles. The van der Waals surface area contributed by atoms with Gasteiger partial charge in [0.15, 0.2) is 0 Å². The van der Waals surface area contributed by atoms with Crippen molar-refractivity contribution in [1.29, 1.82) is 0 Å². The fourth-order valence-corrected chi connectivity index (χ4v) is 1.57. The van der Waals surface area contributed by atoms with E-state index in [1.54, 1.807) is 12.3 Å². The summed E-state index contributed by atoms with van der Waals surface area (Å²) in [6.45, 7) is 0.973. The van der Waals surface area contributed by atoms with Crippen LogP contribution in [0.5, 0.6) is 0 Å². The molecule has 0 unspecified atom stereocenters. The summed E-state index contributed by atoms with van der Waals surface area (Å²) >= 11 is 0. The van der Waals surface area contributed by atoms with Gasteiger partial charge in [0.05, 0.1) is 11.7 Å². The molecule has 3 heteroatoms. The first-order chi connectivity index (χ1) is 5.88. The molecule has 0 aromatic carbocycles. The summed E-state index contributed by atoms with van der Waals surface area (Å²) in [4.78, 5) is 4.02. The molecule has 64 valence electrons. The van der Waals surface area contributed by atoms with Crippen LogP contribution in [-0.4, -0.2) is 11.5 Å². The smallest absolute Gasteiger partial charge is 0.146 e. The van der Waals surface area contributed by atoms with Gasteiger partial charge in [0.25, 0.3) is 0 Å². The first-order valence-corrected chi connectivity index (χ1v) is 4.22. The predicted octanol–water partition coefficient (Wildman–Crippen LogP) is 1.65. The van der Waals surface area contributed by atoms with E-state index in [1.807, 2.05) is 0 Å². The molecule has 1 aromatic heterocycles. The summed E-state index contributed by atoms with van der Waals surface area (Å²) in [5.74, 6) is -0.197. The van der Waals surface area contributed by atoms with Gasteiger partial charge in [0.2, 0.25) is 0 Å². The van der Waals surface area contributed by atoms with Gasteiger partial charge in [-0.2, -0.15) is 0 Å². The Kier molecular flexibility index (Phi) is 2.04. The van der Waals surface area contributed by atoms with Crippen molar-refractivity contribution in [3.8, 4) is 0 Å². The molecule has 1 aliphatic heterocycles. The molecule has 0 aliphatic carbocycles. The van der Waals surface area contributed by atoms with Crippen LogP contribution >= 0.6 is 0 Å². The van der Waals surface area contributed by atoms with Gasteiger partial charge in [0, 0.05) is 6.20 Å². The van der Waals surface area contributed by atoms with Gasteiger partial charge in [-0.05, 0) is 31.5 Å². The number of pyridine rings is 1. The fraction of sp³-hybridized carbons (Fsp3) is 0.444. The van der Waals surface area contributed by atoms with E-state index in [2.05, 4.69) is 10.3 Å². The lowest BCUT2D eigenvalue weighted by atomic mass is 10.1. The van der Waals surface area contributed by atoms with E-state index in [-0.39, 0.29) is 11.9 Å². The average molecular weight is 166 g/mol. The lowest BCUT2D eigenvalue weighted by molar-refractivity contribution is 0.541. The molecule has 2 rings (SSSR count). The Morgan fingerprint density at radius 1 is 1.58 bits per heavy atom. The van der Waals surface area contributed by atoms with Crippen LogP contribution in [0.1, 0.15) is 24.6 Å². The van der Waals surface area contributed by atoms with Gasteiger partial charge in [-0.25, -0.2) is 4.39 Å². The number of aromatic nitrogens is 1. The zero-order chi connectivity index (χ0) is 8.39. The average Bonchev–Trinajstić information content (AvgIpc) is 2.57. The molecule has 0 saturated carbocycles. The third-order valence-electron chi connectivity index (χ3n) is 2.18. The standard InChI is InChI=1S/C9H11FN2/c10-7-3-1-6-12-9(7)8-4-2-5-11-8/h1,3,6,8,11H,2,4-5H2/t8-/m0/s1. The first kappa shape index (κ1) is 7.68. The van der Waals surface area contributed by atoms with E-state index < -0.39 is 0 Å². The highest BCUT2D eigenvalue weighted by atomic mass is 19.1. The lowest BCUT2D eigenvalue weighted by Gasteiger charge is -2.09.